The zero-order valence-electron chi connectivity index (χ0n) is 16.1. The first-order valence-corrected chi connectivity index (χ1v) is 11.2. The van der Waals surface area contributed by atoms with E-state index in [1.807, 2.05) is 0 Å². The van der Waals surface area contributed by atoms with Crippen LogP contribution in [0.2, 0.25) is 0 Å². The maximum Gasteiger partial charge on any atom is 0.294 e. The van der Waals surface area contributed by atoms with E-state index >= 15 is 0 Å². The van der Waals surface area contributed by atoms with Gasteiger partial charge in [0.2, 0.25) is 5.76 Å². The fraction of sp³-hybridized carbons (Fsp3) is 0.105. The molecule has 0 spiro atoms. The lowest BCUT2D eigenvalue weighted by atomic mass is 10.2. The number of carbonyl (C=O) groups excluding carboxylic acids is 3. The van der Waals surface area contributed by atoms with Crippen LogP contribution >= 0.6 is 11.8 Å². The monoisotopic (exact) mass is 460 g/mol. The molecule has 1 amide bonds. The first-order valence-electron chi connectivity index (χ1n) is 8.72. The van der Waals surface area contributed by atoms with Crippen LogP contribution in [-0.4, -0.2) is 41.1 Å². The largest absolute Gasteiger partial charge is 0.351 e. The Morgan fingerprint density at radius 1 is 1.06 bits per heavy atom. The molecule has 10 nitrogen and oxygen atoms in total. The number of amides is 1. The van der Waals surface area contributed by atoms with Crippen molar-refractivity contribution in [1.82, 2.24) is 10.1 Å². The fourth-order valence-corrected chi connectivity index (χ4v) is 3.82. The van der Waals surface area contributed by atoms with E-state index in [2.05, 4.69) is 20.2 Å². The van der Waals surface area contributed by atoms with Crippen molar-refractivity contribution in [3.63, 3.8) is 0 Å². The predicted octanol–water partition coefficient (Wildman–Crippen LogP) is 2.59. The van der Waals surface area contributed by atoms with E-state index in [-0.39, 0.29) is 38.7 Å². The molecular formula is C19H16N4O6S2. The standard InChI is InChI=1S/C19H16N4O6S2/c1-12(24)30-11-16(25)13-2-7-18(20-10-13)23-31(27,28)15-5-3-14(4-6-15)22-19(26)17-8-9-21-29-17/h2-10H,11H2,1H3,(H,20,23)(H,22,26). The van der Waals surface area contributed by atoms with Gasteiger partial charge in [0.05, 0.1) is 16.8 Å². The number of carbonyl (C=O) groups is 3. The molecule has 0 aliphatic rings. The highest BCUT2D eigenvalue weighted by Gasteiger charge is 2.16. The third-order valence-corrected chi connectivity index (χ3v) is 6.00. The van der Waals surface area contributed by atoms with Gasteiger partial charge in [-0.3, -0.25) is 19.1 Å². The SMILES string of the molecule is CC(=O)SCC(=O)c1ccc(NS(=O)(=O)c2ccc(NC(=O)c3ccno3)cc2)nc1. The molecular weight excluding hydrogens is 444 g/mol. The Kier molecular flexibility index (Phi) is 6.82. The van der Waals surface area contributed by atoms with E-state index in [0.29, 0.717) is 5.69 Å². The Morgan fingerprint density at radius 2 is 1.81 bits per heavy atom. The number of ketones is 1. The molecule has 12 heteroatoms. The summed E-state index contributed by atoms with van der Waals surface area (Å²) in [6.07, 6.45) is 2.57. The molecule has 3 aromatic rings. The van der Waals surface area contributed by atoms with Crippen LogP contribution in [0.4, 0.5) is 11.5 Å². The summed E-state index contributed by atoms with van der Waals surface area (Å²) in [5, 5.41) is 5.82. The smallest absolute Gasteiger partial charge is 0.294 e. The van der Waals surface area contributed by atoms with Gasteiger partial charge in [-0.2, -0.15) is 0 Å². The van der Waals surface area contributed by atoms with Crippen LogP contribution in [0.3, 0.4) is 0 Å². The van der Waals surface area contributed by atoms with Gasteiger partial charge in [-0.05, 0) is 36.4 Å². The summed E-state index contributed by atoms with van der Waals surface area (Å²) in [6, 6.07) is 9.65. The maximum atomic E-state index is 12.5. The number of nitrogens with one attached hydrogen (secondary N) is 2. The van der Waals surface area contributed by atoms with Crippen LogP contribution < -0.4 is 10.0 Å². The minimum absolute atomic E-state index is 0.0125. The number of nitrogens with zero attached hydrogens (tertiary/aromatic N) is 2. The molecule has 0 unspecified atom stereocenters. The average molecular weight is 460 g/mol. The number of rotatable bonds is 8. The number of benzene rings is 1. The molecule has 2 heterocycles. The second kappa shape index (κ2) is 9.53. The summed E-state index contributed by atoms with van der Waals surface area (Å²) in [7, 11) is -3.94. The maximum absolute atomic E-state index is 12.5. The van der Waals surface area contributed by atoms with Crippen LogP contribution in [0.5, 0.6) is 0 Å². The van der Waals surface area contributed by atoms with Gasteiger partial charge in [-0.15, -0.1) is 0 Å². The van der Waals surface area contributed by atoms with E-state index < -0.39 is 15.9 Å². The van der Waals surface area contributed by atoms with Crippen molar-refractivity contribution in [3.8, 4) is 0 Å². The lowest BCUT2D eigenvalue weighted by molar-refractivity contribution is -0.109. The summed E-state index contributed by atoms with van der Waals surface area (Å²) < 4.78 is 32.2. The minimum Gasteiger partial charge on any atom is -0.351 e. The summed E-state index contributed by atoms with van der Waals surface area (Å²) in [4.78, 5) is 38.7. The van der Waals surface area contributed by atoms with Crippen LogP contribution in [-0.2, 0) is 14.8 Å². The second-order valence-electron chi connectivity index (χ2n) is 6.10. The molecule has 160 valence electrons. The van der Waals surface area contributed by atoms with Gasteiger partial charge in [0.25, 0.3) is 15.9 Å². The molecule has 1 aromatic carbocycles. The number of aromatic nitrogens is 2. The number of sulfonamides is 1. The Bertz CT molecular complexity index is 1190. The van der Waals surface area contributed by atoms with Gasteiger partial charge < -0.3 is 9.84 Å². The second-order valence-corrected chi connectivity index (χ2v) is 8.93. The molecule has 2 aromatic heterocycles. The van der Waals surface area contributed by atoms with E-state index in [0.717, 1.165) is 11.8 Å². The number of Topliss-reactive ketones (excluding diaryl/α,β-unsaturated/α-hetero) is 1. The van der Waals surface area contributed by atoms with Gasteiger partial charge in [-0.25, -0.2) is 13.4 Å². The Balaban J connectivity index is 1.64. The normalized spacial score (nSPS) is 11.0. The lowest BCUT2D eigenvalue weighted by Gasteiger charge is -2.09. The van der Waals surface area contributed by atoms with E-state index in [1.54, 1.807) is 0 Å². The minimum atomic E-state index is -3.94. The number of thioether (sulfide) groups is 1. The van der Waals surface area contributed by atoms with Gasteiger partial charge in [-0.1, -0.05) is 16.9 Å². The van der Waals surface area contributed by atoms with Gasteiger partial charge in [0, 0.05) is 30.4 Å². The number of hydrogen-bond acceptors (Lipinski definition) is 9. The van der Waals surface area contributed by atoms with E-state index in [9.17, 15) is 22.8 Å². The first kappa shape index (κ1) is 22.2. The molecule has 0 saturated heterocycles. The molecule has 0 atom stereocenters. The average Bonchev–Trinajstić information content (AvgIpc) is 3.28. The molecule has 0 aliphatic heterocycles. The molecule has 2 N–H and O–H groups in total. The Morgan fingerprint density at radius 3 is 2.39 bits per heavy atom. The summed E-state index contributed by atoms with van der Waals surface area (Å²) in [5.74, 6) is -0.775. The van der Waals surface area contributed by atoms with Crippen LogP contribution in [0.1, 0.15) is 27.8 Å². The van der Waals surface area contributed by atoms with Crippen molar-refractivity contribution in [2.24, 2.45) is 0 Å². The summed E-state index contributed by atoms with van der Waals surface area (Å²) in [5.41, 5.74) is 0.633. The van der Waals surface area contributed by atoms with Crippen molar-refractivity contribution in [3.05, 3.63) is 66.2 Å². The summed E-state index contributed by atoms with van der Waals surface area (Å²) >= 11 is 0.887. The van der Waals surface area contributed by atoms with Crippen molar-refractivity contribution in [2.45, 2.75) is 11.8 Å². The Labute approximate surface area is 181 Å². The quantitative estimate of drug-likeness (QED) is 0.484. The molecule has 0 aliphatic carbocycles. The molecule has 31 heavy (non-hydrogen) atoms. The molecule has 3 rings (SSSR count). The van der Waals surface area contributed by atoms with Crippen LogP contribution in [0.25, 0.3) is 0 Å². The van der Waals surface area contributed by atoms with Gasteiger partial charge in [0.1, 0.15) is 5.82 Å². The lowest BCUT2D eigenvalue weighted by Crippen LogP contribution is -2.15. The molecule has 0 fully saturated rings. The Hall–Kier alpha value is -3.51. The predicted molar refractivity (Wildman–Crippen MR) is 113 cm³/mol. The third-order valence-electron chi connectivity index (χ3n) is 3.82. The van der Waals surface area contributed by atoms with Crippen molar-refractivity contribution in [1.29, 1.82) is 0 Å². The number of anilines is 2. The van der Waals surface area contributed by atoms with E-state index in [4.69, 9.17) is 4.52 Å². The summed E-state index contributed by atoms with van der Waals surface area (Å²) in [6.45, 7) is 1.37. The molecule has 0 radical (unpaired) electrons. The highest BCUT2D eigenvalue weighted by molar-refractivity contribution is 8.14. The van der Waals surface area contributed by atoms with Crippen LogP contribution in [0, 0.1) is 0 Å². The zero-order valence-corrected chi connectivity index (χ0v) is 17.7. The van der Waals surface area contributed by atoms with E-state index in [1.165, 1.54) is 61.8 Å². The van der Waals surface area contributed by atoms with Crippen molar-refractivity contribution < 1.29 is 27.3 Å². The first-order chi connectivity index (χ1) is 14.7. The number of hydrogen-bond donors (Lipinski definition) is 2. The van der Waals surface area contributed by atoms with Crippen molar-refractivity contribution in [2.75, 3.05) is 15.8 Å². The number of pyridine rings is 1. The molecule has 0 saturated carbocycles. The topological polar surface area (TPSA) is 148 Å². The third kappa shape index (κ3) is 5.99. The molecule has 0 bridgehead atoms. The highest BCUT2D eigenvalue weighted by atomic mass is 32.2. The van der Waals surface area contributed by atoms with Gasteiger partial charge in [0.15, 0.2) is 10.9 Å². The van der Waals surface area contributed by atoms with Crippen molar-refractivity contribution >= 4 is 50.1 Å². The van der Waals surface area contributed by atoms with Gasteiger partial charge >= 0.3 is 0 Å². The van der Waals surface area contributed by atoms with Crippen LogP contribution in [0.15, 0.2) is 64.3 Å². The highest BCUT2D eigenvalue weighted by Crippen LogP contribution is 2.18. The fourth-order valence-electron chi connectivity index (χ4n) is 2.31. The zero-order chi connectivity index (χ0) is 22.4.